The van der Waals surface area contributed by atoms with E-state index in [1.54, 1.807) is 6.07 Å². The standard InChI is InChI=1S/C17H17BrN2O/c1-3-8-20-15-6-4-11(2)9-14(15)19-17(20)13-10-12(18)5-7-16(13)21/h4-7,9-10,21H,3,8H2,1-2H3. The Morgan fingerprint density at radius 2 is 2.00 bits per heavy atom. The average Bonchev–Trinajstić information content (AvgIpc) is 2.80. The van der Waals surface area contributed by atoms with E-state index in [0.717, 1.165) is 39.9 Å². The molecule has 0 aliphatic heterocycles. The lowest BCUT2D eigenvalue weighted by molar-refractivity contribution is 0.476. The van der Waals surface area contributed by atoms with Crippen molar-refractivity contribution in [3.05, 3.63) is 46.4 Å². The van der Waals surface area contributed by atoms with Crippen LogP contribution in [0.1, 0.15) is 18.9 Å². The van der Waals surface area contributed by atoms with Gasteiger partial charge < -0.3 is 9.67 Å². The number of fused-ring (bicyclic) bond motifs is 1. The number of phenolic OH excluding ortho intramolecular Hbond substituents is 1. The van der Waals surface area contributed by atoms with Crippen LogP contribution in [0.25, 0.3) is 22.4 Å². The molecular weight excluding hydrogens is 328 g/mol. The average molecular weight is 345 g/mol. The Bertz CT molecular complexity index is 808. The normalized spacial score (nSPS) is 11.2. The first-order valence-corrected chi connectivity index (χ1v) is 7.85. The van der Waals surface area contributed by atoms with E-state index in [4.69, 9.17) is 4.98 Å². The van der Waals surface area contributed by atoms with Crippen LogP contribution in [0.4, 0.5) is 0 Å². The number of aromatic nitrogens is 2. The van der Waals surface area contributed by atoms with Gasteiger partial charge in [0.15, 0.2) is 0 Å². The third kappa shape index (κ3) is 2.56. The Morgan fingerprint density at radius 1 is 1.19 bits per heavy atom. The molecule has 2 aromatic carbocycles. The van der Waals surface area contributed by atoms with Crippen molar-refractivity contribution < 1.29 is 5.11 Å². The molecule has 0 bridgehead atoms. The quantitative estimate of drug-likeness (QED) is 0.734. The highest BCUT2D eigenvalue weighted by Crippen LogP contribution is 2.33. The smallest absolute Gasteiger partial charge is 0.144 e. The van der Waals surface area contributed by atoms with E-state index >= 15 is 0 Å². The van der Waals surface area contributed by atoms with Crippen LogP contribution in [0, 0.1) is 6.92 Å². The molecule has 1 heterocycles. The molecule has 4 heteroatoms. The third-order valence-electron chi connectivity index (χ3n) is 3.55. The summed E-state index contributed by atoms with van der Waals surface area (Å²) in [5, 5.41) is 10.2. The molecule has 0 unspecified atom stereocenters. The lowest BCUT2D eigenvalue weighted by Gasteiger charge is -2.09. The minimum Gasteiger partial charge on any atom is -0.507 e. The first-order chi connectivity index (χ1) is 10.1. The van der Waals surface area contributed by atoms with Gasteiger partial charge in [0, 0.05) is 11.0 Å². The summed E-state index contributed by atoms with van der Waals surface area (Å²) < 4.78 is 3.11. The zero-order chi connectivity index (χ0) is 15.0. The van der Waals surface area contributed by atoms with Crippen LogP contribution in [0.3, 0.4) is 0 Å². The van der Waals surface area contributed by atoms with E-state index < -0.39 is 0 Å². The molecule has 3 rings (SSSR count). The summed E-state index contributed by atoms with van der Waals surface area (Å²) in [5.74, 6) is 1.07. The number of aryl methyl sites for hydroxylation is 2. The predicted octanol–water partition coefficient (Wildman–Crippen LogP) is 4.89. The van der Waals surface area contributed by atoms with Gasteiger partial charge in [0.1, 0.15) is 11.6 Å². The van der Waals surface area contributed by atoms with Crippen LogP contribution in [-0.2, 0) is 6.54 Å². The third-order valence-corrected chi connectivity index (χ3v) is 4.04. The summed E-state index contributed by atoms with van der Waals surface area (Å²) in [5.41, 5.74) is 4.02. The van der Waals surface area contributed by atoms with Gasteiger partial charge in [0.05, 0.1) is 16.6 Å². The molecular formula is C17H17BrN2O. The Labute approximate surface area is 132 Å². The molecule has 0 fully saturated rings. The Balaban J connectivity index is 2.30. The fourth-order valence-electron chi connectivity index (χ4n) is 2.58. The second-order valence-corrected chi connectivity index (χ2v) is 6.16. The van der Waals surface area contributed by atoms with Crippen molar-refractivity contribution in [2.45, 2.75) is 26.8 Å². The summed E-state index contributed by atoms with van der Waals surface area (Å²) in [6.45, 7) is 5.08. The summed E-state index contributed by atoms with van der Waals surface area (Å²) in [4.78, 5) is 4.75. The molecule has 0 aliphatic rings. The Morgan fingerprint density at radius 3 is 2.76 bits per heavy atom. The molecule has 0 spiro atoms. The van der Waals surface area contributed by atoms with E-state index in [9.17, 15) is 5.11 Å². The van der Waals surface area contributed by atoms with E-state index in [2.05, 4.69) is 52.5 Å². The van der Waals surface area contributed by atoms with Gasteiger partial charge in [-0.05, 0) is 49.2 Å². The molecule has 0 amide bonds. The fraction of sp³-hybridized carbons (Fsp3) is 0.235. The number of aromatic hydroxyl groups is 1. The van der Waals surface area contributed by atoms with Gasteiger partial charge >= 0.3 is 0 Å². The van der Waals surface area contributed by atoms with Gasteiger partial charge in [-0.3, -0.25) is 0 Å². The van der Waals surface area contributed by atoms with Gasteiger partial charge in [0.25, 0.3) is 0 Å². The Hall–Kier alpha value is -1.81. The predicted molar refractivity (Wildman–Crippen MR) is 89.6 cm³/mol. The summed E-state index contributed by atoms with van der Waals surface area (Å²) in [6.07, 6.45) is 1.01. The van der Waals surface area contributed by atoms with Gasteiger partial charge in [-0.15, -0.1) is 0 Å². The molecule has 0 aliphatic carbocycles. The summed E-state index contributed by atoms with van der Waals surface area (Å²) in [6, 6.07) is 11.7. The van der Waals surface area contributed by atoms with Crippen LogP contribution in [-0.4, -0.2) is 14.7 Å². The van der Waals surface area contributed by atoms with Gasteiger partial charge in [0.2, 0.25) is 0 Å². The lowest BCUT2D eigenvalue weighted by atomic mass is 10.2. The Kier molecular flexibility index (Phi) is 3.72. The van der Waals surface area contributed by atoms with Crippen LogP contribution in [0.2, 0.25) is 0 Å². The van der Waals surface area contributed by atoms with E-state index in [-0.39, 0.29) is 5.75 Å². The SMILES string of the molecule is CCCn1c(-c2cc(Br)ccc2O)nc2cc(C)ccc21. The zero-order valence-corrected chi connectivity index (χ0v) is 13.7. The van der Waals surface area contributed by atoms with Crippen LogP contribution in [0.5, 0.6) is 5.75 Å². The molecule has 0 radical (unpaired) electrons. The molecule has 0 saturated carbocycles. The molecule has 21 heavy (non-hydrogen) atoms. The maximum absolute atomic E-state index is 10.2. The summed E-state index contributed by atoms with van der Waals surface area (Å²) in [7, 11) is 0. The van der Waals surface area contributed by atoms with Crippen LogP contribution >= 0.6 is 15.9 Å². The van der Waals surface area contributed by atoms with Crippen molar-refractivity contribution >= 4 is 27.0 Å². The fourth-order valence-corrected chi connectivity index (χ4v) is 2.94. The van der Waals surface area contributed by atoms with Crippen molar-refractivity contribution in [1.82, 2.24) is 9.55 Å². The highest BCUT2D eigenvalue weighted by Gasteiger charge is 2.15. The second-order valence-electron chi connectivity index (χ2n) is 5.24. The van der Waals surface area contributed by atoms with Gasteiger partial charge in [-0.25, -0.2) is 4.98 Å². The number of nitrogens with zero attached hydrogens (tertiary/aromatic N) is 2. The molecule has 0 atom stereocenters. The maximum atomic E-state index is 10.2. The topological polar surface area (TPSA) is 38.0 Å². The van der Waals surface area contributed by atoms with E-state index in [0.29, 0.717) is 0 Å². The van der Waals surface area contributed by atoms with Crippen molar-refractivity contribution in [3.8, 4) is 17.1 Å². The van der Waals surface area contributed by atoms with Crippen LogP contribution in [0.15, 0.2) is 40.9 Å². The summed E-state index contributed by atoms with van der Waals surface area (Å²) >= 11 is 3.46. The lowest BCUT2D eigenvalue weighted by Crippen LogP contribution is -2.00. The van der Waals surface area contributed by atoms with Crippen molar-refractivity contribution in [3.63, 3.8) is 0 Å². The van der Waals surface area contributed by atoms with Crippen LogP contribution < -0.4 is 0 Å². The molecule has 0 saturated heterocycles. The first-order valence-electron chi connectivity index (χ1n) is 7.06. The molecule has 1 N–H and O–H groups in total. The van der Waals surface area contributed by atoms with Gasteiger partial charge in [-0.1, -0.05) is 28.9 Å². The first kappa shape index (κ1) is 14.1. The highest BCUT2D eigenvalue weighted by molar-refractivity contribution is 9.10. The number of halogens is 1. The minimum atomic E-state index is 0.252. The largest absolute Gasteiger partial charge is 0.507 e. The molecule has 108 valence electrons. The number of benzene rings is 2. The molecule has 3 nitrogen and oxygen atoms in total. The second kappa shape index (κ2) is 5.53. The van der Waals surface area contributed by atoms with Crippen molar-refractivity contribution in [2.75, 3.05) is 0 Å². The number of phenols is 1. The zero-order valence-electron chi connectivity index (χ0n) is 12.1. The number of imidazole rings is 1. The number of hydrogen-bond acceptors (Lipinski definition) is 2. The monoisotopic (exact) mass is 344 g/mol. The number of hydrogen-bond donors (Lipinski definition) is 1. The van der Waals surface area contributed by atoms with E-state index in [1.807, 2.05) is 12.1 Å². The van der Waals surface area contributed by atoms with E-state index in [1.165, 1.54) is 5.56 Å². The van der Waals surface area contributed by atoms with Gasteiger partial charge in [-0.2, -0.15) is 0 Å². The number of rotatable bonds is 3. The van der Waals surface area contributed by atoms with Crippen molar-refractivity contribution in [1.29, 1.82) is 0 Å². The highest BCUT2D eigenvalue weighted by atomic mass is 79.9. The molecule has 1 aromatic heterocycles. The minimum absolute atomic E-state index is 0.252. The van der Waals surface area contributed by atoms with Crippen molar-refractivity contribution in [2.24, 2.45) is 0 Å². The maximum Gasteiger partial charge on any atom is 0.144 e. The molecule has 3 aromatic rings.